The summed E-state index contributed by atoms with van der Waals surface area (Å²) in [6, 6.07) is 0. The van der Waals surface area contributed by atoms with Crippen LogP contribution in [0.5, 0.6) is 0 Å². The molecule has 2 aromatic heterocycles. The first-order valence-corrected chi connectivity index (χ1v) is 6.81. The SMILES string of the molecule is Cn1c(C2CCC2)nn2c(Br)c(CCN)nc12. The second-order valence-electron chi connectivity index (χ2n) is 4.64. The molecular weight excluding hydrogens is 282 g/mol. The first-order chi connectivity index (χ1) is 8.22. The van der Waals surface area contributed by atoms with E-state index in [4.69, 9.17) is 5.73 Å². The van der Waals surface area contributed by atoms with Gasteiger partial charge in [0.1, 0.15) is 10.4 Å². The Hall–Kier alpha value is -0.880. The van der Waals surface area contributed by atoms with Crippen LogP contribution in [0.2, 0.25) is 0 Å². The predicted molar refractivity (Wildman–Crippen MR) is 69.0 cm³/mol. The third kappa shape index (κ3) is 1.62. The minimum atomic E-state index is 0.609. The van der Waals surface area contributed by atoms with Crippen LogP contribution in [0.1, 0.15) is 36.7 Å². The number of fused-ring (bicyclic) bond motifs is 1. The fourth-order valence-corrected chi connectivity index (χ4v) is 2.84. The van der Waals surface area contributed by atoms with E-state index in [1.54, 1.807) is 0 Å². The first kappa shape index (κ1) is 11.2. The number of aryl methyl sites for hydroxylation is 1. The van der Waals surface area contributed by atoms with Crippen LogP contribution in [0, 0.1) is 0 Å². The van der Waals surface area contributed by atoms with Gasteiger partial charge in [-0.05, 0) is 35.3 Å². The molecule has 0 saturated heterocycles. The minimum Gasteiger partial charge on any atom is -0.330 e. The second kappa shape index (κ2) is 4.10. The van der Waals surface area contributed by atoms with Crippen LogP contribution in [0.15, 0.2) is 4.60 Å². The Kier molecular flexibility index (Phi) is 2.71. The van der Waals surface area contributed by atoms with Crippen molar-refractivity contribution in [1.82, 2.24) is 19.2 Å². The molecule has 0 spiro atoms. The fourth-order valence-electron chi connectivity index (χ4n) is 2.32. The maximum Gasteiger partial charge on any atom is 0.233 e. The van der Waals surface area contributed by atoms with Gasteiger partial charge in [-0.15, -0.1) is 0 Å². The van der Waals surface area contributed by atoms with Crippen molar-refractivity contribution in [2.45, 2.75) is 31.6 Å². The van der Waals surface area contributed by atoms with Crippen molar-refractivity contribution in [2.75, 3.05) is 6.54 Å². The Morgan fingerprint density at radius 3 is 2.76 bits per heavy atom. The Morgan fingerprint density at radius 1 is 1.47 bits per heavy atom. The molecule has 1 aliphatic carbocycles. The van der Waals surface area contributed by atoms with Gasteiger partial charge in [-0.3, -0.25) is 4.57 Å². The molecule has 0 aliphatic heterocycles. The van der Waals surface area contributed by atoms with Gasteiger partial charge in [-0.2, -0.15) is 9.61 Å². The molecule has 6 heteroatoms. The summed E-state index contributed by atoms with van der Waals surface area (Å²) in [4.78, 5) is 4.60. The van der Waals surface area contributed by atoms with Gasteiger partial charge in [0.2, 0.25) is 5.78 Å². The van der Waals surface area contributed by atoms with Crippen molar-refractivity contribution in [3.05, 3.63) is 16.1 Å². The molecular formula is C11H16BrN5. The van der Waals surface area contributed by atoms with Crippen molar-refractivity contribution >= 4 is 21.7 Å². The monoisotopic (exact) mass is 297 g/mol. The van der Waals surface area contributed by atoms with Gasteiger partial charge in [-0.25, -0.2) is 4.98 Å². The highest BCUT2D eigenvalue weighted by Crippen LogP contribution is 2.36. The van der Waals surface area contributed by atoms with Gasteiger partial charge >= 0.3 is 0 Å². The number of nitrogens with two attached hydrogens (primary N) is 1. The summed E-state index contributed by atoms with van der Waals surface area (Å²) in [6.45, 7) is 0.609. The van der Waals surface area contributed by atoms with E-state index in [0.29, 0.717) is 12.5 Å². The summed E-state index contributed by atoms with van der Waals surface area (Å²) in [6.07, 6.45) is 4.60. The van der Waals surface area contributed by atoms with E-state index in [9.17, 15) is 0 Å². The first-order valence-electron chi connectivity index (χ1n) is 6.02. The van der Waals surface area contributed by atoms with Crippen LogP contribution in [0.4, 0.5) is 0 Å². The average Bonchev–Trinajstić information content (AvgIpc) is 2.69. The number of imidazole rings is 1. The lowest BCUT2D eigenvalue weighted by atomic mass is 9.85. The van der Waals surface area contributed by atoms with E-state index >= 15 is 0 Å². The van der Waals surface area contributed by atoms with Crippen molar-refractivity contribution in [1.29, 1.82) is 0 Å². The standard InChI is InChI=1S/C11H16BrN5/c1-16-10(7-3-2-4-7)15-17-9(12)8(5-6-13)14-11(16)17/h7H,2-6,13H2,1H3. The average molecular weight is 298 g/mol. The molecule has 0 unspecified atom stereocenters. The van der Waals surface area contributed by atoms with Crippen LogP contribution < -0.4 is 5.73 Å². The highest BCUT2D eigenvalue weighted by molar-refractivity contribution is 9.10. The number of hydrogen-bond donors (Lipinski definition) is 1. The van der Waals surface area contributed by atoms with E-state index in [2.05, 4.69) is 30.6 Å². The molecule has 1 fully saturated rings. The highest BCUT2D eigenvalue weighted by atomic mass is 79.9. The van der Waals surface area contributed by atoms with Crippen LogP contribution in [-0.4, -0.2) is 25.7 Å². The predicted octanol–water partition coefficient (Wildman–Crippen LogP) is 1.60. The van der Waals surface area contributed by atoms with Gasteiger partial charge in [0.25, 0.3) is 0 Å². The molecule has 92 valence electrons. The van der Waals surface area contributed by atoms with E-state index in [1.165, 1.54) is 19.3 Å². The van der Waals surface area contributed by atoms with Gasteiger partial charge in [0.05, 0.1) is 5.69 Å². The van der Waals surface area contributed by atoms with Gasteiger partial charge in [0, 0.05) is 19.4 Å². The molecule has 0 atom stereocenters. The Balaban J connectivity index is 2.08. The Morgan fingerprint density at radius 2 is 2.24 bits per heavy atom. The van der Waals surface area contributed by atoms with Gasteiger partial charge in [0.15, 0.2) is 0 Å². The lowest BCUT2D eigenvalue weighted by Crippen LogP contribution is -2.14. The summed E-state index contributed by atoms with van der Waals surface area (Å²) in [7, 11) is 2.04. The lowest BCUT2D eigenvalue weighted by molar-refractivity contribution is 0.392. The summed E-state index contributed by atoms with van der Waals surface area (Å²) < 4.78 is 4.94. The maximum absolute atomic E-state index is 5.57. The molecule has 2 heterocycles. The lowest BCUT2D eigenvalue weighted by Gasteiger charge is -2.23. The van der Waals surface area contributed by atoms with E-state index < -0.39 is 0 Å². The fraction of sp³-hybridized carbons (Fsp3) is 0.636. The summed E-state index contributed by atoms with van der Waals surface area (Å²) in [5.74, 6) is 2.67. The Bertz CT molecular complexity index is 552. The smallest absolute Gasteiger partial charge is 0.233 e. The quantitative estimate of drug-likeness (QED) is 0.936. The van der Waals surface area contributed by atoms with E-state index in [-0.39, 0.29) is 0 Å². The molecule has 3 rings (SSSR count). The summed E-state index contributed by atoms with van der Waals surface area (Å²) in [5.41, 5.74) is 6.56. The summed E-state index contributed by atoms with van der Waals surface area (Å²) in [5, 5.41) is 4.67. The number of rotatable bonds is 3. The molecule has 5 nitrogen and oxygen atoms in total. The van der Waals surface area contributed by atoms with Crippen molar-refractivity contribution in [3.63, 3.8) is 0 Å². The maximum atomic E-state index is 5.57. The Labute approximate surface area is 108 Å². The second-order valence-corrected chi connectivity index (χ2v) is 5.40. The molecule has 0 bridgehead atoms. The number of halogens is 1. The molecule has 17 heavy (non-hydrogen) atoms. The van der Waals surface area contributed by atoms with E-state index in [1.807, 2.05) is 11.6 Å². The van der Waals surface area contributed by atoms with Gasteiger partial charge < -0.3 is 5.73 Å². The normalized spacial score (nSPS) is 16.6. The van der Waals surface area contributed by atoms with Crippen LogP contribution in [0.25, 0.3) is 5.78 Å². The van der Waals surface area contributed by atoms with Crippen molar-refractivity contribution < 1.29 is 0 Å². The number of nitrogens with zero attached hydrogens (tertiary/aromatic N) is 4. The molecule has 0 radical (unpaired) electrons. The zero-order valence-corrected chi connectivity index (χ0v) is 11.4. The topological polar surface area (TPSA) is 61.1 Å². The number of aromatic nitrogens is 4. The van der Waals surface area contributed by atoms with Crippen molar-refractivity contribution in [3.8, 4) is 0 Å². The van der Waals surface area contributed by atoms with Crippen LogP contribution in [-0.2, 0) is 13.5 Å². The molecule has 0 amide bonds. The third-order valence-corrected chi connectivity index (χ3v) is 4.34. The summed E-state index contributed by atoms with van der Waals surface area (Å²) >= 11 is 3.56. The van der Waals surface area contributed by atoms with Gasteiger partial charge in [-0.1, -0.05) is 6.42 Å². The molecule has 1 saturated carbocycles. The minimum absolute atomic E-state index is 0.609. The zero-order valence-electron chi connectivity index (χ0n) is 9.86. The van der Waals surface area contributed by atoms with Crippen LogP contribution >= 0.6 is 15.9 Å². The van der Waals surface area contributed by atoms with E-state index in [0.717, 1.165) is 28.3 Å². The zero-order chi connectivity index (χ0) is 12.0. The molecule has 0 aromatic carbocycles. The highest BCUT2D eigenvalue weighted by Gasteiger charge is 2.26. The van der Waals surface area contributed by atoms with Crippen molar-refractivity contribution in [2.24, 2.45) is 12.8 Å². The number of hydrogen-bond acceptors (Lipinski definition) is 3. The molecule has 1 aliphatic rings. The third-order valence-electron chi connectivity index (χ3n) is 3.55. The molecule has 2 aromatic rings. The van der Waals surface area contributed by atoms with Crippen LogP contribution in [0.3, 0.4) is 0 Å². The largest absolute Gasteiger partial charge is 0.330 e. The molecule has 2 N–H and O–H groups in total.